The van der Waals surface area contributed by atoms with Crippen molar-refractivity contribution in [3.8, 4) is 0 Å². The third-order valence-electron chi connectivity index (χ3n) is 4.29. The molecule has 2 aromatic rings. The molecule has 0 aliphatic heterocycles. The molecule has 0 radical (unpaired) electrons. The molecule has 0 aliphatic carbocycles. The predicted molar refractivity (Wildman–Crippen MR) is 101 cm³/mol. The predicted octanol–water partition coefficient (Wildman–Crippen LogP) is 3.28. The van der Waals surface area contributed by atoms with Gasteiger partial charge in [0.1, 0.15) is 6.73 Å². The van der Waals surface area contributed by atoms with Gasteiger partial charge in [-0.05, 0) is 36.6 Å². The number of aromatic carboxylic acids is 1. The van der Waals surface area contributed by atoms with Crippen molar-refractivity contribution in [2.45, 2.75) is 52.7 Å². The summed E-state index contributed by atoms with van der Waals surface area (Å²) in [6.07, 6.45) is 0.800. The Bertz CT molecular complexity index is 853. The molecule has 0 saturated carbocycles. The molecule has 1 aromatic carbocycles. The summed E-state index contributed by atoms with van der Waals surface area (Å²) in [5.41, 5.74) is 1.96. The Labute approximate surface area is 148 Å². The first-order valence-corrected chi connectivity index (χ1v) is 12.2. The Balaban J connectivity index is 2.47. The van der Waals surface area contributed by atoms with Crippen LogP contribution < -0.4 is 5.56 Å². The molecule has 0 aliphatic rings. The number of carbonyl (C=O) groups is 1. The van der Waals surface area contributed by atoms with Crippen LogP contribution in [-0.4, -0.2) is 35.3 Å². The summed E-state index contributed by atoms with van der Waals surface area (Å²) in [5, 5.41) is 9.91. The second kappa shape index (κ2) is 7.49. The topological polar surface area (TPSA) is 81.4 Å². The van der Waals surface area contributed by atoms with Crippen LogP contribution in [0.15, 0.2) is 16.9 Å². The van der Waals surface area contributed by atoms with Crippen molar-refractivity contribution >= 4 is 24.9 Å². The van der Waals surface area contributed by atoms with Gasteiger partial charge in [-0.3, -0.25) is 9.36 Å². The van der Waals surface area contributed by atoms with Crippen LogP contribution in [-0.2, 0) is 17.9 Å². The van der Waals surface area contributed by atoms with Gasteiger partial charge in [0.05, 0.1) is 10.9 Å². The summed E-state index contributed by atoms with van der Waals surface area (Å²) < 4.78 is 6.73. The quantitative estimate of drug-likeness (QED) is 0.604. The Hall–Kier alpha value is -1.99. The first-order chi connectivity index (χ1) is 11.7. The third kappa shape index (κ3) is 4.35. The van der Waals surface area contributed by atoms with Gasteiger partial charge in [-0.1, -0.05) is 32.6 Å². The number of ether oxygens (including phenoxy) is 1. The van der Waals surface area contributed by atoms with Gasteiger partial charge in [0.15, 0.2) is 0 Å². The molecule has 6 nitrogen and oxygen atoms in total. The maximum Gasteiger partial charge on any atom is 0.372 e. The minimum Gasteiger partial charge on any atom is -0.475 e. The number of carboxylic acid groups (broad SMARTS) is 1. The van der Waals surface area contributed by atoms with Crippen molar-refractivity contribution in [3.63, 3.8) is 0 Å². The Morgan fingerprint density at radius 2 is 2.00 bits per heavy atom. The number of carboxylic acids is 1. The maximum atomic E-state index is 12.9. The number of hydrogen-bond acceptors (Lipinski definition) is 4. The van der Waals surface area contributed by atoms with Crippen molar-refractivity contribution in [2.24, 2.45) is 0 Å². The highest BCUT2D eigenvalue weighted by Crippen LogP contribution is 2.18. The fourth-order valence-electron chi connectivity index (χ4n) is 2.71. The van der Waals surface area contributed by atoms with Crippen molar-refractivity contribution in [2.75, 3.05) is 6.61 Å². The summed E-state index contributed by atoms with van der Waals surface area (Å²) in [6, 6.07) is 4.56. The first-order valence-electron chi connectivity index (χ1n) is 8.49. The van der Waals surface area contributed by atoms with Crippen LogP contribution in [0, 0.1) is 6.92 Å². The van der Waals surface area contributed by atoms with Crippen LogP contribution in [0.5, 0.6) is 0 Å². The SMILES string of the molecule is CCc1ccc2nc(C(=O)O)n(COCC[Si](C)(C)C)c(=O)c2c1C. The van der Waals surface area contributed by atoms with Crippen molar-refractivity contribution in [3.05, 3.63) is 39.4 Å². The van der Waals surface area contributed by atoms with Gasteiger partial charge in [-0.2, -0.15) is 0 Å². The van der Waals surface area contributed by atoms with Gasteiger partial charge in [-0.15, -0.1) is 0 Å². The minimum absolute atomic E-state index is 0.0936. The smallest absolute Gasteiger partial charge is 0.372 e. The molecule has 25 heavy (non-hydrogen) atoms. The molecule has 7 heteroatoms. The highest BCUT2D eigenvalue weighted by molar-refractivity contribution is 6.76. The van der Waals surface area contributed by atoms with Gasteiger partial charge in [0.2, 0.25) is 5.82 Å². The van der Waals surface area contributed by atoms with E-state index in [1.165, 1.54) is 0 Å². The van der Waals surface area contributed by atoms with Crippen LogP contribution in [0.2, 0.25) is 25.7 Å². The Morgan fingerprint density at radius 3 is 2.56 bits per heavy atom. The monoisotopic (exact) mass is 362 g/mol. The number of nitrogens with zero attached hydrogens (tertiary/aromatic N) is 2. The Morgan fingerprint density at radius 1 is 1.32 bits per heavy atom. The van der Waals surface area contributed by atoms with Gasteiger partial charge in [-0.25, -0.2) is 9.78 Å². The van der Waals surface area contributed by atoms with E-state index >= 15 is 0 Å². The van der Waals surface area contributed by atoms with Crippen LogP contribution >= 0.6 is 0 Å². The van der Waals surface area contributed by atoms with Crippen LogP contribution in [0.1, 0.15) is 28.7 Å². The van der Waals surface area contributed by atoms with E-state index in [4.69, 9.17) is 4.74 Å². The molecule has 1 aromatic heterocycles. The molecule has 0 atom stereocenters. The average molecular weight is 363 g/mol. The van der Waals surface area contributed by atoms with E-state index in [2.05, 4.69) is 24.6 Å². The van der Waals surface area contributed by atoms with Gasteiger partial charge >= 0.3 is 5.97 Å². The zero-order valence-electron chi connectivity index (χ0n) is 15.5. The number of hydrogen-bond donors (Lipinski definition) is 1. The average Bonchev–Trinajstić information content (AvgIpc) is 2.51. The van der Waals surface area contributed by atoms with E-state index < -0.39 is 14.0 Å². The lowest BCUT2D eigenvalue weighted by molar-refractivity contribution is 0.0599. The van der Waals surface area contributed by atoms with E-state index in [9.17, 15) is 14.7 Å². The van der Waals surface area contributed by atoms with Crippen molar-refractivity contribution < 1.29 is 14.6 Å². The molecule has 0 bridgehead atoms. The van der Waals surface area contributed by atoms with Crippen LogP contribution in [0.25, 0.3) is 10.9 Å². The summed E-state index contributed by atoms with van der Waals surface area (Å²) >= 11 is 0. The second-order valence-electron chi connectivity index (χ2n) is 7.42. The molecular formula is C18H26N2O4Si. The lowest BCUT2D eigenvalue weighted by atomic mass is 10.0. The standard InChI is InChI=1S/C18H26N2O4Si/c1-6-13-7-8-14-15(12(13)2)17(21)20(16(19-14)18(22)23)11-24-9-10-25(3,4)5/h7-8H,6,9-11H2,1-5H3,(H,22,23). The lowest BCUT2D eigenvalue weighted by Gasteiger charge is -2.17. The molecule has 1 N–H and O–H groups in total. The normalized spacial score (nSPS) is 11.9. The highest BCUT2D eigenvalue weighted by atomic mass is 28.3. The number of aromatic nitrogens is 2. The van der Waals surface area contributed by atoms with E-state index in [1.54, 1.807) is 6.07 Å². The molecule has 0 unspecified atom stereocenters. The molecule has 0 amide bonds. The lowest BCUT2D eigenvalue weighted by Crippen LogP contribution is -2.30. The summed E-state index contributed by atoms with van der Waals surface area (Å²) in [5.74, 6) is -1.51. The molecule has 0 saturated heterocycles. The molecule has 1 heterocycles. The summed E-state index contributed by atoms with van der Waals surface area (Å²) in [6.45, 7) is 11.0. The molecular weight excluding hydrogens is 336 g/mol. The summed E-state index contributed by atoms with van der Waals surface area (Å²) in [7, 11) is -1.25. The van der Waals surface area contributed by atoms with Crippen LogP contribution in [0.4, 0.5) is 0 Å². The molecule has 0 fully saturated rings. The maximum absolute atomic E-state index is 12.9. The van der Waals surface area contributed by atoms with Crippen molar-refractivity contribution in [1.82, 2.24) is 9.55 Å². The van der Waals surface area contributed by atoms with E-state index in [0.29, 0.717) is 17.5 Å². The van der Waals surface area contributed by atoms with Gasteiger partial charge in [0.25, 0.3) is 5.56 Å². The fourth-order valence-corrected chi connectivity index (χ4v) is 3.47. The minimum atomic E-state index is -1.25. The van der Waals surface area contributed by atoms with Crippen LogP contribution in [0.3, 0.4) is 0 Å². The second-order valence-corrected chi connectivity index (χ2v) is 13.0. The van der Waals surface area contributed by atoms with Crippen molar-refractivity contribution in [1.29, 1.82) is 0 Å². The summed E-state index contributed by atoms with van der Waals surface area (Å²) in [4.78, 5) is 28.7. The zero-order chi connectivity index (χ0) is 18.8. The zero-order valence-corrected chi connectivity index (χ0v) is 16.5. The highest BCUT2D eigenvalue weighted by Gasteiger charge is 2.19. The molecule has 0 spiro atoms. The number of rotatable bonds is 7. The largest absolute Gasteiger partial charge is 0.475 e. The molecule has 136 valence electrons. The van der Waals surface area contributed by atoms with Gasteiger partial charge in [0, 0.05) is 14.7 Å². The number of aryl methyl sites for hydroxylation is 2. The number of fused-ring (bicyclic) bond motifs is 1. The number of benzene rings is 1. The Kier molecular flexibility index (Phi) is 5.79. The fraction of sp³-hybridized carbons (Fsp3) is 0.500. The van der Waals surface area contributed by atoms with Gasteiger partial charge < -0.3 is 9.84 Å². The van der Waals surface area contributed by atoms with E-state index in [0.717, 1.165) is 28.2 Å². The van der Waals surface area contributed by atoms with E-state index in [1.807, 2.05) is 19.9 Å². The van der Waals surface area contributed by atoms with E-state index in [-0.39, 0.29) is 18.1 Å². The third-order valence-corrected chi connectivity index (χ3v) is 5.99. The molecule has 2 rings (SSSR count). The first kappa shape index (κ1) is 19.3.